The Kier molecular flexibility index (Phi) is 3.62. The average Bonchev–Trinajstić information content (AvgIpc) is 2.44. The maximum Gasteiger partial charge on any atom is 0.0951 e. The lowest BCUT2D eigenvalue weighted by Gasteiger charge is -2.17. The Morgan fingerprint density at radius 1 is 1.25 bits per heavy atom. The molecular formula is C14H21NO. The molecule has 0 spiro atoms. The summed E-state index contributed by atoms with van der Waals surface area (Å²) < 4.78 is 5.99. The standard InChI is InChI=1S/C14H21NO/c1-10-6-4-5-7-13(10)14-8-15-12(3)11(2)9-16-14/h4-7,11-12,14-15H,8-9H2,1-3H3. The van der Waals surface area contributed by atoms with E-state index in [2.05, 4.69) is 50.4 Å². The molecule has 3 unspecified atom stereocenters. The maximum absolute atomic E-state index is 5.99. The summed E-state index contributed by atoms with van der Waals surface area (Å²) in [4.78, 5) is 0. The predicted molar refractivity (Wildman–Crippen MR) is 66.5 cm³/mol. The van der Waals surface area contributed by atoms with Gasteiger partial charge in [0.05, 0.1) is 12.7 Å². The van der Waals surface area contributed by atoms with Crippen molar-refractivity contribution in [3.05, 3.63) is 35.4 Å². The van der Waals surface area contributed by atoms with Crippen LogP contribution in [0.5, 0.6) is 0 Å². The van der Waals surface area contributed by atoms with E-state index in [1.807, 2.05) is 0 Å². The van der Waals surface area contributed by atoms with Crippen LogP contribution in [0.4, 0.5) is 0 Å². The van der Waals surface area contributed by atoms with Crippen LogP contribution in [0.25, 0.3) is 0 Å². The first-order valence-corrected chi connectivity index (χ1v) is 6.09. The molecule has 16 heavy (non-hydrogen) atoms. The number of benzene rings is 1. The van der Waals surface area contributed by atoms with Gasteiger partial charge in [0, 0.05) is 12.6 Å². The van der Waals surface area contributed by atoms with E-state index in [0.717, 1.165) is 13.2 Å². The quantitative estimate of drug-likeness (QED) is 0.784. The van der Waals surface area contributed by atoms with Crippen LogP contribution in [0.2, 0.25) is 0 Å². The number of ether oxygens (including phenoxy) is 1. The van der Waals surface area contributed by atoms with Crippen molar-refractivity contribution in [1.82, 2.24) is 5.32 Å². The Bertz CT molecular complexity index is 338. The molecule has 1 aliphatic rings. The van der Waals surface area contributed by atoms with Gasteiger partial charge < -0.3 is 10.1 Å². The minimum Gasteiger partial charge on any atom is -0.372 e. The number of rotatable bonds is 1. The molecule has 1 saturated heterocycles. The van der Waals surface area contributed by atoms with Crippen LogP contribution in [0, 0.1) is 12.8 Å². The molecule has 0 bridgehead atoms. The molecule has 1 fully saturated rings. The van der Waals surface area contributed by atoms with Crippen LogP contribution >= 0.6 is 0 Å². The Morgan fingerprint density at radius 3 is 2.75 bits per heavy atom. The van der Waals surface area contributed by atoms with Gasteiger partial charge in [-0.3, -0.25) is 0 Å². The summed E-state index contributed by atoms with van der Waals surface area (Å²) >= 11 is 0. The molecule has 1 heterocycles. The third kappa shape index (κ3) is 2.45. The summed E-state index contributed by atoms with van der Waals surface area (Å²) in [6.45, 7) is 8.37. The summed E-state index contributed by atoms with van der Waals surface area (Å²) in [6.07, 6.45) is 0.202. The molecule has 0 aromatic heterocycles. The topological polar surface area (TPSA) is 21.3 Å². The second kappa shape index (κ2) is 4.98. The molecule has 0 amide bonds. The first kappa shape index (κ1) is 11.6. The molecular weight excluding hydrogens is 198 g/mol. The molecule has 88 valence electrons. The highest BCUT2D eigenvalue weighted by Gasteiger charge is 2.23. The minimum absolute atomic E-state index is 0.202. The molecule has 1 aliphatic heterocycles. The molecule has 1 aromatic carbocycles. The van der Waals surface area contributed by atoms with Gasteiger partial charge in [-0.2, -0.15) is 0 Å². The van der Waals surface area contributed by atoms with E-state index in [-0.39, 0.29) is 6.10 Å². The monoisotopic (exact) mass is 219 g/mol. The van der Waals surface area contributed by atoms with E-state index < -0.39 is 0 Å². The lowest BCUT2D eigenvalue weighted by atomic mass is 10.0. The summed E-state index contributed by atoms with van der Waals surface area (Å²) in [7, 11) is 0. The van der Waals surface area contributed by atoms with E-state index >= 15 is 0 Å². The average molecular weight is 219 g/mol. The van der Waals surface area contributed by atoms with Gasteiger partial charge in [-0.1, -0.05) is 31.2 Å². The Labute approximate surface area is 98.0 Å². The normalized spacial score (nSPS) is 31.1. The lowest BCUT2D eigenvalue weighted by molar-refractivity contribution is 0.0492. The van der Waals surface area contributed by atoms with Crippen molar-refractivity contribution >= 4 is 0 Å². The number of aryl methyl sites for hydroxylation is 1. The predicted octanol–water partition coefficient (Wildman–Crippen LogP) is 2.68. The lowest BCUT2D eigenvalue weighted by Crippen LogP contribution is -2.32. The van der Waals surface area contributed by atoms with Crippen LogP contribution < -0.4 is 5.32 Å². The molecule has 0 radical (unpaired) electrons. The fourth-order valence-electron chi connectivity index (χ4n) is 2.11. The Balaban J connectivity index is 2.14. The van der Waals surface area contributed by atoms with Crippen LogP contribution in [-0.4, -0.2) is 19.2 Å². The first-order chi connectivity index (χ1) is 7.68. The molecule has 1 aromatic rings. The zero-order valence-electron chi connectivity index (χ0n) is 10.4. The van der Waals surface area contributed by atoms with Crippen LogP contribution in [0.15, 0.2) is 24.3 Å². The third-order valence-corrected chi connectivity index (χ3v) is 3.57. The van der Waals surface area contributed by atoms with Crippen molar-refractivity contribution in [1.29, 1.82) is 0 Å². The van der Waals surface area contributed by atoms with Crippen LogP contribution in [0.3, 0.4) is 0 Å². The highest BCUT2D eigenvalue weighted by atomic mass is 16.5. The summed E-state index contributed by atoms with van der Waals surface area (Å²) in [5, 5.41) is 3.55. The second-order valence-electron chi connectivity index (χ2n) is 4.85. The number of hydrogen-bond acceptors (Lipinski definition) is 2. The van der Waals surface area contributed by atoms with E-state index in [1.54, 1.807) is 0 Å². The van der Waals surface area contributed by atoms with Crippen molar-refractivity contribution in [2.24, 2.45) is 5.92 Å². The van der Waals surface area contributed by atoms with E-state index in [1.165, 1.54) is 11.1 Å². The van der Waals surface area contributed by atoms with Crippen molar-refractivity contribution in [2.75, 3.05) is 13.2 Å². The van der Waals surface area contributed by atoms with Gasteiger partial charge in [-0.05, 0) is 30.9 Å². The van der Waals surface area contributed by atoms with Gasteiger partial charge in [-0.15, -0.1) is 0 Å². The highest BCUT2D eigenvalue weighted by molar-refractivity contribution is 5.28. The van der Waals surface area contributed by atoms with Crippen molar-refractivity contribution in [3.63, 3.8) is 0 Å². The zero-order valence-corrected chi connectivity index (χ0v) is 10.4. The highest BCUT2D eigenvalue weighted by Crippen LogP contribution is 2.24. The number of nitrogens with one attached hydrogen (secondary N) is 1. The molecule has 3 atom stereocenters. The van der Waals surface area contributed by atoms with Gasteiger partial charge in [0.1, 0.15) is 0 Å². The van der Waals surface area contributed by atoms with Gasteiger partial charge in [0.25, 0.3) is 0 Å². The summed E-state index contributed by atoms with van der Waals surface area (Å²) in [5.41, 5.74) is 2.63. The second-order valence-corrected chi connectivity index (χ2v) is 4.85. The Morgan fingerprint density at radius 2 is 2.00 bits per heavy atom. The van der Waals surface area contributed by atoms with Crippen molar-refractivity contribution in [2.45, 2.75) is 32.9 Å². The largest absolute Gasteiger partial charge is 0.372 e. The van der Waals surface area contributed by atoms with Crippen LogP contribution in [-0.2, 0) is 4.74 Å². The minimum atomic E-state index is 0.202. The molecule has 2 nitrogen and oxygen atoms in total. The van der Waals surface area contributed by atoms with Crippen LogP contribution in [0.1, 0.15) is 31.1 Å². The molecule has 0 saturated carbocycles. The summed E-state index contributed by atoms with van der Waals surface area (Å²) in [6, 6.07) is 9.02. The van der Waals surface area contributed by atoms with Gasteiger partial charge in [-0.25, -0.2) is 0 Å². The van der Waals surface area contributed by atoms with Gasteiger partial charge in [0.2, 0.25) is 0 Å². The number of hydrogen-bond donors (Lipinski definition) is 1. The maximum atomic E-state index is 5.99. The van der Waals surface area contributed by atoms with E-state index in [9.17, 15) is 0 Å². The fraction of sp³-hybridized carbons (Fsp3) is 0.571. The smallest absolute Gasteiger partial charge is 0.0951 e. The van der Waals surface area contributed by atoms with Crippen molar-refractivity contribution < 1.29 is 4.74 Å². The third-order valence-electron chi connectivity index (χ3n) is 3.57. The molecule has 0 aliphatic carbocycles. The zero-order chi connectivity index (χ0) is 11.5. The van der Waals surface area contributed by atoms with Gasteiger partial charge in [0.15, 0.2) is 0 Å². The molecule has 2 rings (SSSR count). The Hall–Kier alpha value is -0.860. The fourth-order valence-corrected chi connectivity index (χ4v) is 2.11. The van der Waals surface area contributed by atoms with E-state index in [4.69, 9.17) is 4.74 Å². The van der Waals surface area contributed by atoms with E-state index in [0.29, 0.717) is 12.0 Å². The van der Waals surface area contributed by atoms with Gasteiger partial charge >= 0.3 is 0 Å². The van der Waals surface area contributed by atoms with Crippen molar-refractivity contribution in [3.8, 4) is 0 Å². The summed E-state index contributed by atoms with van der Waals surface area (Å²) in [5.74, 6) is 0.578. The molecule has 1 N–H and O–H groups in total. The SMILES string of the molecule is Cc1ccccc1C1CNC(C)C(C)CO1. The first-order valence-electron chi connectivity index (χ1n) is 6.09. The molecule has 2 heteroatoms.